The molecule has 2 heterocycles. The van der Waals surface area contributed by atoms with Gasteiger partial charge in [-0.3, -0.25) is 0 Å². The zero-order valence-electron chi connectivity index (χ0n) is 10.9. The fourth-order valence-electron chi connectivity index (χ4n) is 2.28. The normalized spacial score (nSPS) is 20.3. The van der Waals surface area contributed by atoms with Crippen molar-refractivity contribution in [3.63, 3.8) is 0 Å². The van der Waals surface area contributed by atoms with Crippen molar-refractivity contribution in [3.05, 3.63) is 11.9 Å². The summed E-state index contributed by atoms with van der Waals surface area (Å²) >= 11 is 0. The van der Waals surface area contributed by atoms with Gasteiger partial charge in [0.25, 0.3) is 0 Å². The third-order valence-corrected chi connectivity index (χ3v) is 3.48. The summed E-state index contributed by atoms with van der Waals surface area (Å²) in [6.45, 7) is 5.65. The summed E-state index contributed by atoms with van der Waals surface area (Å²) in [4.78, 5) is 8.68. The SMILES string of the molecule is CC(C)C1CCN(c2cc(N)nc(C(F)(F)F)n2)C1. The number of halogens is 3. The van der Waals surface area contributed by atoms with Crippen LogP contribution in [0.3, 0.4) is 0 Å². The summed E-state index contributed by atoms with van der Waals surface area (Å²) in [7, 11) is 0. The number of nitrogen functional groups attached to an aromatic ring is 1. The van der Waals surface area contributed by atoms with Crippen molar-refractivity contribution >= 4 is 11.6 Å². The molecule has 106 valence electrons. The second kappa shape index (κ2) is 4.86. The van der Waals surface area contributed by atoms with Crippen LogP contribution in [0.4, 0.5) is 24.8 Å². The number of aromatic nitrogens is 2. The van der Waals surface area contributed by atoms with Crippen molar-refractivity contribution < 1.29 is 13.2 Å². The molecule has 0 amide bonds. The fraction of sp³-hybridized carbons (Fsp3) is 0.667. The van der Waals surface area contributed by atoms with Gasteiger partial charge in [0.1, 0.15) is 11.6 Å². The van der Waals surface area contributed by atoms with Gasteiger partial charge in [0.05, 0.1) is 0 Å². The van der Waals surface area contributed by atoms with E-state index in [9.17, 15) is 13.2 Å². The number of rotatable bonds is 2. The highest BCUT2D eigenvalue weighted by atomic mass is 19.4. The van der Waals surface area contributed by atoms with Gasteiger partial charge in [-0.05, 0) is 18.3 Å². The van der Waals surface area contributed by atoms with Gasteiger partial charge in [0.2, 0.25) is 5.82 Å². The summed E-state index contributed by atoms with van der Waals surface area (Å²) in [6, 6.07) is 1.40. The number of hydrogen-bond donors (Lipinski definition) is 1. The maximum absolute atomic E-state index is 12.6. The van der Waals surface area contributed by atoms with E-state index in [1.54, 1.807) is 0 Å². The van der Waals surface area contributed by atoms with E-state index in [-0.39, 0.29) is 11.6 Å². The van der Waals surface area contributed by atoms with Crippen LogP contribution in [0.1, 0.15) is 26.1 Å². The van der Waals surface area contributed by atoms with Crippen LogP contribution in [-0.4, -0.2) is 23.1 Å². The van der Waals surface area contributed by atoms with Crippen molar-refractivity contribution in [2.24, 2.45) is 11.8 Å². The summed E-state index contributed by atoms with van der Waals surface area (Å²) in [5, 5.41) is 0. The summed E-state index contributed by atoms with van der Waals surface area (Å²) in [5.41, 5.74) is 5.44. The predicted octanol–water partition coefficient (Wildman–Crippen LogP) is 2.56. The van der Waals surface area contributed by atoms with E-state index in [0.717, 1.165) is 6.42 Å². The van der Waals surface area contributed by atoms with Crippen molar-refractivity contribution in [1.29, 1.82) is 0 Å². The average Bonchev–Trinajstić information content (AvgIpc) is 2.76. The molecule has 1 aliphatic rings. The smallest absolute Gasteiger partial charge is 0.384 e. The molecule has 1 aliphatic heterocycles. The van der Waals surface area contributed by atoms with Gasteiger partial charge in [-0.2, -0.15) is 13.2 Å². The molecule has 1 fully saturated rings. The molecule has 2 N–H and O–H groups in total. The minimum Gasteiger partial charge on any atom is -0.384 e. The zero-order valence-corrected chi connectivity index (χ0v) is 10.9. The second-order valence-electron chi connectivity index (χ2n) is 5.21. The quantitative estimate of drug-likeness (QED) is 0.900. The molecule has 0 aliphatic carbocycles. The van der Waals surface area contributed by atoms with Crippen LogP contribution in [0.15, 0.2) is 6.07 Å². The van der Waals surface area contributed by atoms with Crippen molar-refractivity contribution in [2.45, 2.75) is 26.4 Å². The largest absolute Gasteiger partial charge is 0.451 e. The van der Waals surface area contributed by atoms with Gasteiger partial charge in [0, 0.05) is 19.2 Å². The molecule has 1 aromatic rings. The zero-order chi connectivity index (χ0) is 14.2. The Morgan fingerprint density at radius 1 is 1.37 bits per heavy atom. The number of hydrogen-bond acceptors (Lipinski definition) is 4. The van der Waals surface area contributed by atoms with E-state index < -0.39 is 12.0 Å². The van der Waals surface area contributed by atoms with E-state index in [2.05, 4.69) is 23.8 Å². The van der Waals surface area contributed by atoms with Crippen molar-refractivity contribution in [1.82, 2.24) is 9.97 Å². The van der Waals surface area contributed by atoms with Crippen molar-refractivity contribution in [3.8, 4) is 0 Å². The minimum atomic E-state index is -4.57. The van der Waals surface area contributed by atoms with Crippen LogP contribution in [-0.2, 0) is 6.18 Å². The van der Waals surface area contributed by atoms with Crippen LogP contribution in [0.5, 0.6) is 0 Å². The third kappa shape index (κ3) is 3.08. The number of nitrogens with zero attached hydrogens (tertiary/aromatic N) is 3. The Bertz CT molecular complexity index is 459. The maximum Gasteiger partial charge on any atom is 0.451 e. The van der Waals surface area contributed by atoms with Gasteiger partial charge in [-0.25, -0.2) is 9.97 Å². The Hall–Kier alpha value is -1.53. The molecule has 1 atom stereocenters. The van der Waals surface area contributed by atoms with Crippen molar-refractivity contribution in [2.75, 3.05) is 23.7 Å². The fourth-order valence-corrected chi connectivity index (χ4v) is 2.28. The highest BCUT2D eigenvalue weighted by Crippen LogP contribution is 2.31. The molecule has 0 aromatic carbocycles. The first-order chi connectivity index (χ1) is 8.77. The number of alkyl halides is 3. The Morgan fingerprint density at radius 3 is 2.58 bits per heavy atom. The molecule has 1 aromatic heterocycles. The van der Waals surface area contributed by atoms with Crippen LogP contribution in [0.2, 0.25) is 0 Å². The Kier molecular flexibility index (Phi) is 3.56. The molecule has 0 radical (unpaired) electrons. The highest BCUT2D eigenvalue weighted by Gasteiger charge is 2.36. The molecule has 2 rings (SSSR count). The van der Waals surface area contributed by atoms with E-state index in [4.69, 9.17) is 5.73 Å². The molecule has 7 heteroatoms. The molecular formula is C12H17F3N4. The molecule has 0 saturated carbocycles. The number of nitrogens with two attached hydrogens (primary N) is 1. The Labute approximate surface area is 109 Å². The van der Waals surface area contributed by atoms with E-state index in [0.29, 0.717) is 24.9 Å². The van der Waals surface area contributed by atoms with Crippen LogP contribution >= 0.6 is 0 Å². The number of anilines is 2. The van der Waals surface area contributed by atoms with Gasteiger partial charge in [0.15, 0.2) is 0 Å². The second-order valence-corrected chi connectivity index (χ2v) is 5.21. The lowest BCUT2D eigenvalue weighted by Gasteiger charge is -2.20. The van der Waals surface area contributed by atoms with E-state index >= 15 is 0 Å². The molecular weight excluding hydrogens is 257 g/mol. The third-order valence-electron chi connectivity index (χ3n) is 3.48. The van der Waals surface area contributed by atoms with E-state index in [1.165, 1.54) is 6.07 Å². The highest BCUT2D eigenvalue weighted by molar-refractivity contribution is 5.48. The van der Waals surface area contributed by atoms with Crippen LogP contribution in [0, 0.1) is 11.8 Å². The topological polar surface area (TPSA) is 55.0 Å². The molecule has 1 saturated heterocycles. The average molecular weight is 274 g/mol. The van der Waals surface area contributed by atoms with E-state index in [1.807, 2.05) is 4.90 Å². The summed E-state index contributed by atoms with van der Waals surface area (Å²) < 4.78 is 37.9. The minimum absolute atomic E-state index is 0.148. The lowest BCUT2D eigenvalue weighted by atomic mass is 9.95. The monoisotopic (exact) mass is 274 g/mol. The van der Waals surface area contributed by atoms with Crippen LogP contribution in [0.25, 0.3) is 0 Å². The van der Waals surface area contributed by atoms with Gasteiger partial charge >= 0.3 is 6.18 Å². The first-order valence-corrected chi connectivity index (χ1v) is 6.24. The summed E-state index contributed by atoms with van der Waals surface area (Å²) in [6.07, 6.45) is -3.61. The molecule has 4 nitrogen and oxygen atoms in total. The lowest BCUT2D eigenvalue weighted by molar-refractivity contribution is -0.144. The lowest BCUT2D eigenvalue weighted by Crippen LogP contribution is -2.24. The molecule has 0 bridgehead atoms. The van der Waals surface area contributed by atoms with Gasteiger partial charge < -0.3 is 10.6 Å². The van der Waals surface area contributed by atoms with Gasteiger partial charge in [-0.1, -0.05) is 13.8 Å². The maximum atomic E-state index is 12.6. The molecule has 19 heavy (non-hydrogen) atoms. The first-order valence-electron chi connectivity index (χ1n) is 6.24. The Morgan fingerprint density at radius 2 is 2.05 bits per heavy atom. The molecule has 1 unspecified atom stereocenters. The standard InChI is InChI=1S/C12H17F3N4/c1-7(2)8-3-4-19(6-8)10-5-9(16)17-11(18-10)12(13,14)15/h5,7-8H,3-4,6H2,1-2H3,(H2,16,17,18). The molecule has 0 spiro atoms. The van der Waals surface area contributed by atoms with Gasteiger partial charge in [-0.15, -0.1) is 0 Å². The van der Waals surface area contributed by atoms with Crippen LogP contribution < -0.4 is 10.6 Å². The first kappa shape index (κ1) is 13.9. The summed E-state index contributed by atoms with van der Waals surface area (Å²) in [5.74, 6) is -0.0689. The Balaban J connectivity index is 2.24. The predicted molar refractivity (Wildman–Crippen MR) is 66.6 cm³/mol.